The molecule has 0 fully saturated rings. The molecule has 12 aromatic rings. The highest BCUT2D eigenvalue weighted by molar-refractivity contribution is 7.38. The van der Waals surface area contributed by atoms with Crippen molar-refractivity contribution in [3.8, 4) is 84.2 Å². The first-order chi connectivity index (χ1) is 34.0. The molecule has 70 heavy (non-hydrogen) atoms. The highest BCUT2D eigenvalue weighted by Gasteiger charge is 2.48. The first-order valence-electron chi connectivity index (χ1n) is 21.5. The number of nitrogens with zero attached hydrogens (tertiary/aromatic N) is 8. The van der Waals surface area contributed by atoms with Gasteiger partial charge < -0.3 is 0 Å². The van der Waals surface area contributed by atoms with Crippen LogP contribution in [0.25, 0.3) is 122 Å². The molecule has 0 atom stereocenters. The van der Waals surface area contributed by atoms with Gasteiger partial charge in [0.2, 0.25) is 0 Å². The van der Waals surface area contributed by atoms with E-state index in [4.69, 9.17) is 0 Å². The Hall–Kier alpha value is -6.10. The van der Waals surface area contributed by atoms with Crippen molar-refractivity contribution in [2.75, 3.05) is 0 Å². The van der Waals surface area contributed by atoms with Crippen molar-refractivity contribution in [3.63, 3.8) is 0 Å². The molecule has 0 spiro atoms. The summed E-state index contributed by atoms with van der Waals surface area (Å²) in [6.07, 6.45) is 3.16. The van der Waals surface area contributed by atoms with Gasteiger partial charge in [0.15, 0.2) is 0 Å². The van der Waals surface area contributed by atoms with Crippen LogP contribution < -0.4 is 0 Å². The smallest absolute Gasteiger partial charge is 0.130 e. The first-order valence-corrected chi connectivity index (χ1v) is 29.5. The SMILES string of the molecule is CC1(C)c2c(sc3cc(-c4ccc(-c5ccc(C=C(C#N)C#N)c6nsnc56)s4)sc23)-c2sc3c4c(sc3c21)-c1sc2cc(-c3ccc(-c5ccc(C=C(C#N)C#N)c6nsnc56)s3)sc2c1C4(C)C. The van der Waals surface area contributed by atoms with Crippen LogP contribution in [0.5, 0.6) is 0 Å². The van der Waals surface area contributed by atoms with Crippen molar-refractivity contribution in [1.29, 1.82) is 21.0 Å². The van der Waals surface area contributed by atoms with E-state index in [1.54, 1.807) is 34.8 Å². The lowest BCUT2D eigenvalue weighted by Gasteiger charge is -2.21. The van der Waals surface area contributed by atoms with Gasteiger partial charge in [0.05, 0.1) is 61.8 Å². The highest BCUT2D eigenvalue weighted by atomic mass is 32.1. The number of thiophene rings is 8. The van der Waals surface area contributed by atoms with Gasteiger partial charge in [-0.25, -0.2) is 0 Å². The summed E-state index contributed by atoms with van der Waals surface area (Å²) in [6, 6.07) is 29.2. The van der Waals surface area contributed by atoms with Gasteiger partial charge in [-0.15, -0.1) is 90.7 Å². The van der Waals surface area contributed by atoms with Crippen molar-refractivity contribution in [1.82, 2.24) is 17.5 Å². The molecule has 2 aliphatic rings. The van der Waals surface area contributed by atoms with E-state index in [9.17, 15) is 21.0 Å². The number of aromatic nitrogens is 4. The molecule has 2 aliphatic carbocycles. The van der Waals surface area contributed by atoms with E-state index in [-0.39, 0.29) is 22.0 Å². The summed E-state index contributed by atoms with van der Waals surface area (Å²) in [4.78, 5) is 12.9. The Bertz CT molecular complexity index is 4240. The molecule has 10 aromatic heterocycles. The molecule has 0 aliphatic heterocycles. The predicted molar refractivity (Wildman–Crippen MR) is 299 cm³/mol. The van der Waals surface area contributed by atoms with E-state index in [1.165, 1.54) is 89.5 Å². The molecule has 0 saturated heterocycles. The van der Waals surface area contributed by atoms with Crippen LogP contribution in [0.2, 0.25) is 0 Å². The summed E-state index contributed by atoms with van der Waals surface area (Å²) in [7, 11) is 0. The second-order valence-corrected chi connectivity index (χ2v) is 27.4. The number of benzene rings is 2. The minimum absolute atomic E-state index is 0.0387. The lowest BCUT2D eigenvalue weighted by molar-refractivity contribution is 0.673. The maximum Gasteiger partial charge on any atom is 0.130 e. The number of allylic oxidation sites excluding steroid dienone is 2. The lowest BCUT2D eigenvalue weighted by Crippen LogP contribution is -2.15. The molecule has 332 valence electrons. The highest BCUT2D eigenvalue weighted by Crippen LogP contribution is 2.68. The Morgan fingerprint density at radius 1 is 0.414 bits per heavy atom. The maximum absolute atomic E-state index is 9.34. The molecular formula is C52H24N8S10. The second kappa shape index (κ2) is 15.2. The number of rotatable bonds is 6. The standard InChI is InChI=1S/C52H24N8S10/c1-51(2)35-43-33(15-31(63-43)29-11-9-27(61-29)25-7-5-23(13-21(17-53)18-54)39-41(25)59-69-57-39)65-45(35)47-37(51)49-50(67-47)38-48(68-49)46-36(52(38,3)4)44-34(66-46)16-32(64-44)30-12-10-28(62-30)26-8-6-24(14-22(19-55)20-56)40-42(26)60-70-58-40/h5-16H,1-4H3. The van der Waals surface area contributed by atoms with E-state index in [1.807, 2.05) is 117 Å². The average Bonchev–Trinajstić information content (AvgIpc) is 4.16. The molecule has 18 heteroatoms. The van der Waals surface area contributed by atoms with Crippen molar-refractivity contribution in [2.45, 2.75) is 38.5 Å². The zero-order valence-corrected chi connectivity index (χ0v) is 44.8. The third-order valence-corrected chi connectivity index (χ3v) is 24.8. The molecule has 0 unspecified atom stereocenters. The molecule has 10 heterocycles. The Morgan fingerprint density at radius 2 is 0.786 bits per heavy atom. The van der Waals surface area contributed by atoms with Gasteiger partial charge in [-0.3, -0.25) is 0 Å². The van der Waals surface area contributed by atoms with E-state index < -0.39 is 0 Å². The molecule has 0 N–H and O–H groups in total. The lowest BCUT2D eigenvalue weighted by atomic mass is 9.82. The minimum Gasteiger partial charge on any atom is -0.192 e. The summed E-state index contributed by atoms with van der Waals surface area (Å²) < 4.78 is 26.7. The first kappa shape index (κ1) is 42.8. The predicted octanol–water partition coefficient (Wildman–Crippen LogP) is 17.8. The van der Waals surface area contributed by atoms with Crippen molar-refractivity contribution in [3.05, 3.63) is 105 Å². The molecule has 2 aromatic carbocycles. The van der Waals surface area contributed by atoms with Crippen molar-refractivity contribution >= 4 is 177 Å². The molecule has 14 rings (SSSR count). The average molecular weight is 1080 g/mol. The maximum atomic E-state index is 9.34. The minimum atomic E-state index is -0.144. The molecule has 0 bridgehead atoms. The normalized spacial score (nSPS) is 13.9. The molecule has 8 nitrogen and oxygen atoms in total. The third kappa shape index (κ3) is 5.86. The van der Waals surface area contributed by atoms with Crippen LogP contribution in [0.15, 0.2) is 71.8 Å². The Morgan fingerprint density at radius 3 is 1.20 bits per heavy atom. The second-order valence-electron chi connectivity index (χ2n) is 18.0. The number of hydrogen-bond donors (Lipinski definition) is 0. The summed E-state index contributed by atoms with van der Waals surface area (Å²) in [5, 5.41) is 37.4. The fourth-order valence-corrected chi connectivity index (χ4v) is 23.3. The van der Waals surface area contributed by atoms with Gasteiger partial charge in [0.25, 0.3) is 0 Å². The number of fused-ring (bicyclic) bond motifs is 15. The van der Waals surface area contributed by atoms with E-state index in [0.717, 1.165) is 66.5 Å². The summed E-state index contributed by atoms with van der Waals surface area (Å²) in [5.74, 6) is 0. The largest absolute Gasteiger partial charge is 0.192 e. The van der Waals surface area contributed by atoms with Crippen LogP contribution in [0.1, 0.15) is 61.1 Å². The third-order valence-electron chi connectivity index (χ3n) is 13.4. The zero-order chi connectivity index (χ0) is 47.5. The monoisotopic (exact) mass is 1080 g/mol. The number of hydrogen-bond acceptors (Lipinski definition) is 18. The van der Waals surface area contributed by atoms with Gasteiger partial charge >= 0.3 is 0 Å². The van der Waals surface area contributed by atoms with Gasteiger partial charge in [0, 0.05) is 71.7 Å². The Balaban J connectivity index is 0.781. The van der Waals surface area contributed by atoms with Crippen molar-refractivity contribution in [2.24, 2.45) is 0 Å². The summed E-state index contributed by atoms with van der Waals surface area (Å²) >= 11 is 17.5. The van der Waals surface area contributed by atoms with Crippen LogP contribution in [0.4, 0.5) is 0 Å². The van der Waals surface area contributed by atoms with Crippen LogP contribution >= 0.6 is 114 Å². The van der Waals surface area contributed by atoms with Gasteiger partial charge in [-0.1, -0.05) is 52.0 Å². The Kier molecular flexibility index (Phi) is 9.29. The molecule has 0 saturated carbocycles. The summed E-state index contributed by atoms with van der Waals surface area (Å²) in [5.41, 5.74) is 12.1. The van der Waals surface area contributed by atoms with Gasteiger partial charge in [-0.05, 0) is 70.8 Å². The number of nitriles is 4. The van der Waals surface area contributed by atoms with Crippen LogP contribution in [-0.2, 0) is 10.8 Å². The molecular weight excluding hydrogens is 1060 g/mol. The fraction of sp³-hybridized carbons (Fsp3) is 0.115. The van der Waals surface area contributed by atoms with E-state index >= 15 is 0 Å². The van der Waals surface area contributed by atoms with Crippen LogP contribution in [-0.4, -0.2) is 17.5 Å². The van der Waals surface area contributed by atoms with Gasteiger partial charge in [-0.2, -0.15) is 38.5 Å². The Labute approximate surface area is 438 Å². The van der Waals surface area contributed by atoms with Crippen molar-refractivity contribution < 1.29 is 0 Å². The zero-order valence-electron chi connectivity index (χ0n) is 36.6. The van der Waals surface area contributed by atoms with E-state index in [0.29, 0.717) is 11.0 Å². The van der Waals surface area contributed by atoms with Crippen LogP contribution in [0.3, 0.4) is 0 Å². The fourth-order valence-electron chi connectivity index (χ4n) is 10.2. The van der Waals surface area contributed by atoms with Crippen LogP contribution in [0, 0.1) is 45.3 Å². The summed E-state index contributed by atoms with van der Waals surface area (Å²) in [6.45, 7) is 9.75. The topological polar surface area (TPSA) is 147 Å². The molecule has 0 radical (unpaired) electrons. The quantitative estimate of drug-likeness (QED) is 0.150. The molecule has 0 amide bonds. The van der Waals surface area contributed by atoms with E-state index in [2.05, 4.69) is 81.6 Å². The van der Waals surface area contributed by atoms with Gasteiger partial charge in [0.1, 0.15) is 57.5 Å².